The highest BCUT2D eigenvalue weighted by Crippen LogP contribution is 2.37. The molecule has 1 atom stereocenters. The van der Waals surface area contributed by atoms with Gasteiger partial charge in [-0.2, -0.15) is 0 Å². The van der Waals surface area contributed by atoms with Gasteiger partial charge in [-0.15, -0.1) is 0 Å². The van der Waals surface area contributed by atoms with E-state index in [0.29, 0.717) is 12.5 Å². The average Bonchev–Trinajstić information content (AvgIpc) is 3.37. The van der Waals surface area contributed by atoms with Crippen LogP contribution in [0.15, 0.2) is 46.9 Å². The second-order valence-corrected chi connectivity index (χ2v) is 7.90. The molecule has 1 heterocycles. The van der Waals surface area contributed by atoms with Gasteiger partial charge >= 0.3 is 0 Å². The molecule has 3 heteroatoms. The van der Waals surface area contributed by atoms with Crippen LogP contribution in [-0.2, 0) is 25.7 Å². The SMILES string of the molecule is CCc1ccc(-c2nc(CCOc3ccc4c(c3)CCC4CC)c(CC)o2)cc1. The molecule has 29 heavy (non-hydrogen) atoms. The van der Waals surface area contributed by atoms with E-state index in [1.807, 2.05) is 0 Å². The molecule has 3 nitrogen and oxygen atoms in total. The maximum atomic E-state index is 6.07. The van der Waals surface area contributed by atoms with Crippen molar-refractivity contribution in [3.05, 3.63) is 70.6 Å². The normalized spacial score (nSPS) is 15.5. The van der Waals surface area contributed by atoms with Crippen molar-refractivity contribution in [3.8, 4) is 17.2 Å². The van der Waals surface area contributed by atoms with Crippen molar-refractivity contribution in [1.29, 1.82) is 0 Å². The zero-order valence-corrected chi connectivity index (χ0v) is 17.8. The van der Waals surface area contributed by atoms with E-state index in [9.17, 15) is 0 Å². The van der Waals surface area contributed by atoms with E-state index in [1.54, 1.807) is 0 Å². The summed E-state index contributed by atoms with van der Waals surface area (Å²) in [5.41, 5.74) is 6.35. The van der Waals surface area contributed by atoms with Crippen LogP contribution < -0.4 is 4.74 Å². The quantitative estimate of drug-likeness (QED) is 0.439. The summed E-state index contributed by atoms with van der Waals surface area (Å²) in [5.74, 6) is 3.37. The first-order valence-corrected chi connectivity index (χ1v) is 11.0. The highest BCUT2D eigenvalue weighted by molar-refractivity contribution is 5.54. The lowest BCUT2D eigenvalue weighted by Crippen LogP contribution is -2.04. The van der Waals surface area contributed by atoms with Gasteiger partial charge in [-0.3, -0.25) is 0 Å². The lowest BCUT2D eigenvalue weighted by atomic mass is 9.99. The van der Waals surface area contributed by atoms with E-state index in [-0.39, 0.29) is 0 Å². The molecule has 0 amide bonds. The fourth-order valence-corrected chi connectivity index (χ4v) is 4.32. The van der Waals surface area contributed by atoms with Crippen LogP contribution in [0.2, 0.25) is 0 Å². The Labute approximate surface area is 174 Å². The fourth-order valence-electron chi connectivity index (χ4n) is 4.32. The van der Waals surface area contributed by atoms with Gasteiger partial charge in [0.25, 0.3) is 0 Å². The van der Waals surface area contributed by atoms with Crippen LogP contribution in [-0.4, -0.2) is 11.6 Å². The summed E-state index contributed by atoms with van der Waals surface area (Å²) in [6.45, 7) is 7.17. The molecule has 0 fully saturated rings. The van der Waals surface area contributed by atoms with E-state index in [4.69, 9.17) is 14.1 Å². The number of ether oxygens (including phenoxy) is 1. The average molecular weight is 390 g/mol. The van der Waals surface area contributed by atoms with Gasteiger partial charge in [-0.25, -0.2) is 4.98 Å². The van der Waals surface area contributed by atoms with Crippen LogP contribution in [0.5, 0.6) is 5.75 Å². The number of aryl methyl sites for hydroxylation is 3. The highest BCUT2D eigenvalue weighted by atomic mass is 16.5. The Kier molecular flexibility index (Phi) is 6.03. The molecule has 1 aliphatic rings. The van der Waals surface area contributed by atoms with Gasteiger partial charge in [0.15, 0.2) is 0 Å². The summed E-state index contributed by atoms with van der Waals surface area (Å²) in [4.78, 5) is 4.77. The third-order valence-corrected chi connectivity index (χ3v) is 6.13. The molecule has 2 aromatic carbocycles. The van der Waals surface area contributed by atoms with Gasteiger partial charge < -0.3 is 9.15 Å². The van der Waals surface area contributed by atoms with Crippen LogP contribution in [0, 0.1) is 0 Å². The molecule has 0 saturated carbocycles. The van der Waals surface area contributed by atoms with Crippen molar-refractivity contribution < 1.29 is 9.15 Å². The third-order valence-electron chi connectivity index (χ3n) is 6.13. The monoisotopic (exact) mass is 389 g/mol. The molecule has 4 rings (SSSR count). The zero-order valence-electron chi connectivity index (χ0n) is 17.8. The first-order chi connectivity index (χ1) is 14.2. The minimum atomic E-state index is 0.615. The molecule has 0 N–H and O–H groups in total. The molecule has 3 aromatic rings. The molecule has 1 aromatic heterocycles. The van der Waals surface area contributed by atoms with Crippen LogP contribution in [0.4, 0.5) is 0 Å². The Hall–Kier alpha value is -2.55. The molecule has 0 bridgehead atoms. The molecule has 152 valence electrons. The first-order valence-electron chi connectivity index (χ1n) is 11.0. The van der Waals surface area contributed by atoms with Crippen molar-refractivity contribution in [1.82, 2.24) is 4.98 Å². The van der Waals surface area contributed by atoms with Crippen LogP contribution >= 0.6 is 0 Å². The Morgan fingerprint density at radius 1 is 1.03 bits per heavy atom. The number of nitrogens with zero attached hydrogens (tertiary/aromatic N) is 1. The molecule has 0 radical (unpaired) electrons. The second-order valence-electron chi connectivity index (χ2n) is 7.90. The first kappa shape index (κ1) is 19.8. The number of benzene rings is 2. The number of aromatic nitrogens is 1. The maximum Gasteiger partial charge on any atom is 0.226 e. The Morgan fingerprint density at radius 3 is 2.59 bits per heavy atom. The van der Waals surface area contributed by atoms with Crippen molar-refractivity contribution in [2.45, 2.75) is 65.2 Å². The Balaban J connectivity index is 1.41. The van der Waals surface area contributed by atoms with E-state index in [2.05, 4.69) is 63.2 Å². The van der Waals surface area contributed by atoms with Gasteiger partial charge in [0, 0.05) is 18.4 Å². The topological polar surface area (TPSA) is 35.3 Å². The minimum absolute atomic E-state index is 0.615. The van der Waals surface area contributed by atoms with E-state index < -0.39 is 0 Å². The fraction of sp³-hybridized carbons (Fsp3) is 0.423. The van der Waals surface area contributed by atoms with Crippen molar-refractivity contribution >= 4 is 0 Å². The second kappa shape index (κ2) is 8.86. The molecule has 0 saturated heterocycles. The van der Waals surface area contributed by atoms with Gasteiger partial charge in [0.1, 0.15) is 11.5 Å². The van der Waals surface area contributed by atoms with Gasteiger partial charge in [0.2, 0.25) is 5.89 Å². The number of hydrogen-bond acceptors (Lipinski definition) is 3. The molecule has 0 aliphatic heterocycles. The summed E-state index contributed by atoms with van der Waals surface area (Å²) >= 11 is 0. The lowest BCUT2D eigenvalue weighted by Gasteiger charge is -2.10. The van der Waals surface area contributed by atoms with Gasteiger partial charge in [-0.1, -0.05) is 39.0 Å². The predicted octanol–water partition coefficient (Wildman–Crippen LogP) is 6.53. The zero-order chi connectivity index (χ0) is 20.2. The van der Waals surface area contributed by atoms with Crippen LogP contribution in [0.3, 0.4) is 0 Å². The van der Waals surface area contributed by atoms with Gasteiger partial charge in [0.05, 0.1) is 12.3 Å². The summed E-state index contributed by atoms with van der Waals surface area (Å²) in [6, 6.07) is 15.1. The largest absolute Gasteiger partial charge is 0.493 e. The molecule has 1 aliphatic carbocycles. The summed E-state index contributed by atoms with van der Waals surface area (Å²) in [7, 11) is 0. The summed E-state index contributed by atoms with van der Waals surface area (Å²) in [5, 5.41) is 0. The Bertz CT molecular complexity index is 955. The smallest absolute Gasteiger partial charge is 0.226 e. The minimum Gasteiger partial charge on any atom is -0.493 e. The predicted molar refractivity (Wildman–Crippen MR) is 118 cm³/mol. The molecule has 1 unspecified atom stereocenters. The Morgan fingerprint density at radius 2 is 1.86 bits per heavy atom. The van der Waals surface area contributed by atoms with Crippen molar-refractivity contribution in [2.75, 3.05) is 6.61 Å². The van der Waals surface area contributed by atoms with E-state index in [0.717, 1.165) is 47.9 Å². The van der Waals surface area contributed by atoms with Crippen LogP contribution in [0.1, 0.15) is 67.7 Å². The van der Waals surface area contributed by atoms with E-state index >= 15 is 0 Å². The third kappa shape index (κ3) is 4.24. The number of hydrogen-bond donors (Lipinski definition) is 0. The molecule has 0 spiro atoms. The maximum absolute atomic E-state index is 6.07. The highest BCUT2D eigenvalue weighted by Gasteiger charge is 2.21. The number of rotatable bonds is 8. The standard InChI is InChI=1S/C26H31NO2/c1-4-18-7-9-20(10-8-18)26-27-24(25(6-3)29-26)15-16-28-22-13-14-23-19(5-2)11-12-21(23)17-22/h7-10,13-14,17,19H,4-6,11-12,15-16H2,1-3H3. The van der Waals surface area contributed by atoms with Gasteiger partial charge in [-0.05, 0) is 72.6 Å². The van der Waals surface area contributed by atoms with E-state index in [1.165, 1.54) is 36.0 Å². The molecular formula is C26H31NO2. The van der Waals surface area contributed by atoms with Crippen LogP contribution in [0.25, 0.3) is 11.5 Å². The summed E-state index contributed by atoms with van der Waals surface area (Å²) < 4.78 is 12.1. The van der Waals surface area contributed by atoms with Crippen molar-refractivity contribution in [2.24, 2.45) is 0 Å². The summed E-state index contributed by atoms with van der Waals surface area (Å²) in [6.07, 6.45) is 6.31. The number of fused-ring (bicyclic) bond motifs is 1. The number of oxazole rings is 1. The molecular weight excluding hydrogens is 358 g/mol. The van der Waals surface area contributed by atoms with Crippen molar-refractivity contribution in [3.63, 3.8) is 0 Å². The lowest BCUT2D eigenvalue weighted by molar-refractivity contribution is 0.319.